The molecule has 0 bridgehead atoms. The summed E-state index contributed by atoms with van der Waals surface area (Å²) < 4.78 is 11.4. The van der Waals surface area contributed by atoms with Crippen LogP contribution in [0.5, 0.6) is 0 Å². The van der Waals surface area contributed by atoms with Crippen LogP contribution < -0.4 is 0 Å². The molecule has 0 aliphatic carbocycles. The summed E-state index contributed by atoms with van der Waals surface area (Å²) >= 11 is 0. The van der Waals surface area contributed by atoms with Crippen molar-refractivity contribution in [2.45, 2.75) is 40.7 Å². The summed E-state index contributed by atoms with van der Waals surface area (Å²) in [4.78, 5) is 0. The lowest BCUT2D eigenvalue weighted by atomic mass is 10.2. The molecule has 13 heavy (non-hydrogen) atoms. The van der Waals surface area contributed by atoms with E-state index in [0.717, 1.165) is 19.3 Å². The largest absolute Gasteiger partial charge is 0.393 e. The van der Waals surface area contributed by atoms with E-state index in [0.29, 0.717) is 11.8 Å². The molecule has 79 valence electrons. The second kappa shape index (κ2) is 7.53. The molecule has 1 radical (unpaired) electrons. The molecule has 0 aliphatic heterocycles. The monoisotopic (exact) mass is 203 g/mol. The summed E-state index contributed by atoms with van der Waals surface area (Å²) in [6.07, 6.45) is 0. The van der Waals surface area contributed by atoms with Crippen LogP contribution in [0.2, 0.25) is 6.04 Å². The molecule has 0 aromatic rings. The smallest absolute Gasteiger partial charge is 0.384 e. The molecule has 0 saturated heterocycles. The van der Waals surface area contributed by atoms with Crippen LogP contribution in [0.3, 0.4) is 0 Å². The zero-order valence-corrected chi connectivity index (χ0v) is 10.6. The maximum Gasteiger partial charge on any atom is 0.384 e. The molecule has 0 atom stereocenters. The topological polar surface area (TPSA) is 18.5 Å². The van der Waals surface area contributed by atoms with Gasteiger partial charge in [-0.2, -0.15) is 0 Å². The third-order valence-electron chi connectivity index (χ3n) is 1.44. The fourth-order valence-corrected chi connectivity index (χ4v) is 2.30. The van der Waals surface area contributed by atoms with Crippen LogP contribution in [-0.2, 0) is 8.85 Å². The average molecular weight is 203 g/mol. The van der Waals surface area contributed by atoms with Gasteiger partial charge in [0.05, 0.1) is 0 Å². The molecule has 0 aliphatic rings. The minimum Gasteiger partial charge on any atom is -0.393 e. The van der Waals surface area contributed by atoms with E-state index in [9.17, 15) is 0 Å². The SMILES string of the molecule is CC[Si](OCC(C)C)OCC(C)C. The van der Waals surface area contributed by atoms with Gasteiger partial charge in [0, 0.05) is 13.2 Å². The van der Waals surface area contributed by atoms with Crippen molar-refractivity contribution in [3.05, 3.63) is 0 Å². The standard InChI is InChI=1S/C10H23O2Si/c1-6-13(11-7-9(2)3)12-8-10(4)5/h9-10H,6-8H2,1-5H3. The summed E-state index contributed by atoms with van der Waals surface area (Å²) in [5.74, 6) is 1.21. The van der Waals surface area contributed by atoms with E-state index in [1.165, 1.54) is 0 Å². The Kier molecular flexibility index (Phi) is 7.61. The van der Waals surface area contributed by atoms with Crippen LogP contribution in [0.15, 0.2) is 0 Å². The van der Waals surface area contributed by atoms with Gasteiger partial charge in [-0.3, -0.25) is 0 Å². The number of hydrogen-bond donors (Lipinski definition) is 0. The molecule has 2 nitrogen and oxygen atoms in total. The Bertz CT molecular complexity index is 103. The third-order valence-corrected chi connectivity index (χ3v) is 3.00. The summed E-state index contributed by atoms with van der Waals surface area (Å²) in [7, 11) is -0.974. The number of rotatable bonds is 7. The molecular weight excluding hydrogens is 180 g/mol. The van der Waals surface area contributed by atoms with Gasteiger partial charge in [-0.05, 0) is 17.9 Å². The van der Waals surface area contributed by atoms with Gasteiger partial charge in [0.25, 0.3) is 0 Å². The molecule has 0 heterocycles. The van der Waals surface area contributed by atoms with E-state index in [1.807, 2.05) is 0 Å². The maximum absolute atomic E-state index is 5.68. The Balaban J connectivity index is 3.51. The normalized spacial score (nSPS) is 12.0. The average Bonchev–Trinajstić information content (AvgIpc) is 2.04. The highest BCUT2D eigenvalue weighted by Gasteiger charge is 2.13. The minimum absolute atomic E-state index is 0.606. The zero-order chi connectivity index (χ0) is 10.3. The molecular formula is C10H23O2Si. The summed E-state index contributed by atoms with van der Waals surface area (Å²) in [5.41, 5.74) is 0. The summed E-state index contributed by atoms with van der Waals surface area (Å²) in [6, 6.07) is 1.03. The molecule has 0 saturated carbocycles. The van der Waals surface area contributed by atoms with Crippen molar-refractivity contribution < 1.29 is 8.85 Å². The van der Waals surface area contributed by atoms with Gasteiger partial charge in [0.15, 0.2) is 0 Å². The predicted molar refractivity (Wildman–Crippen MR) is 57.8 cm³/mol. The van der Waals surface area contributed by atoms with E-state index >= 15 is 0 Å². The molecule has 0 fully saturated rings. The van der Waals surface area contributed by atoms with Gasteiger partial charge in [-0.25, -0.2) is 0 Å². The lowest BCUT2D eigenvalue weighted by molar-refractivity contribution is 0.164. The lowest BCUT2D eigenvalue weighted by Gasteiger charge is -2.16. The lowest BCUT2D eigenvalue weighted by Crippen LogP contribution is -2.25. The second-order valence-corrected chi connectivity index (χ2v) is 6.16. The van der Waals surface area contributed by atoms with Crippen LogP contribution in [0.4, 0.5) is 0 Å². The minimum atomic E-state index is -0.974. The highest BCUT2D eigenvalue weighted by molar-refractivity contribution is 6.44. The van der Waals surface area contributed by atoms with E-state index in [-0.39, 0.29) is 0 Å². The summed E-state index contributed by atoms with van der Waals surface area (Å²) in [6.45, 7) is 12.5. The number of hydrogen-bond acceptors (Lipinski definition) is 2. The van der Waals surface area contributed by atoms with Crippen LogP contribution >= 0.6 is 0 Å². The molecule has 0 aromatic carbocycles. The van der Waals surface area contributed by atoms with Crippen LogP contribution in [0.25, 0.3) is 0 Å². The van der Waals surface area contributed by atoms with Gasteiger partial charge in [-0.15, -0.1) is 0 Å². The van der Waals surface area contributed by atoms with Crippen molar-refractivity contribution in [2.24, 2.45) is 11.8 Å². The van der Waals surface area contributed by atoms with Gasteiger partial charge in [0.2, 0.25) is 0 Å². The Morgan fingerprint density at radius 1 is 0.923 bits per heavy atom. The van der Waals surface area contributed by atoms with E-state index in [2.05, 4.69) is 34.6 Å². The van der Waals surface area contributed by atoms with Crippen LogP contribution in [-0.4, -0.2) is 22.5 Å². The van der Waals surface area contributed by atoms with E-state index in [1.54, 1.807) is 0 Å². The molecule has 3 heteroatoms. The first-order valence-corrected chi connectivity index (χ1v) is 6.70. The quantitative estimate of drug-likeness (QED) is 0.592. The molecule has 0 aromatic heterocycles. The first-order valence-electron chi connectivity index (χ1n) is 5.17. The summed E-state index contributed by atoms with van der Waals surface area (Å²) in [5, 5.41) is 0. The predicted octanol–water partition coefficient (Wildman–Crippen LogP) is 2.84. The van der Waals surface area contributed by atoms with Crippen LogP contribution in [0.1, 0.15) is 34.6 Å². The first-order chi connectivity index (χ1) is 6.06. The molecule has 0 N–H and O–H groups in total. The van der Waals surface area contributed by atoms with Gasteiger partial charge in [-0.1, -0.05) is 34.6 Å². The molecule has 0 amide bonds. The second-order valence-electron chi connectivity index (χ2n) is 4.14. The van der Waals surface area contributed by atoms with Crippen molar-refractivity contribution in [1.29, 1.82) is 0 Å². The zero-order valence-electron chi connectivity index (χ0n) is 9.59. The maximum atomic E-state index is 5.68. The Hall–Kier alpha value is 0.137. The van der Waals surface area contributed by atoms with Gasteiger partial charge >= 0.3 is 9.28 Å². The van der Waals surface area contributed by atoms with E-state index < -0.39 is 9.28 Å². The highest BCUT2D eigenvalue weighted by Crippen LogP contribution is 2.03. The van der Waals surface area contributed by atoms with Gasteiger partial charge < -0.3 is 8.85 Å². The van der Waals surface area contributed by atoms with Crippen molar-refractivity contribution in [3.63, 3.8) is 0 Å². The first kappa shape index (κ1) is 13.1. The Morgan fingerprint density at radius 3 is 1.54 bits per heavy atom. The van der Waals surface area contributed by atoms with Crippen molar-refractivity contribution in [3.8, 4) is 0 Å². The van der Waals surface area contributed by atoms with Crippen molar-refractivity contribution >= 4 is 9.28 Å². The Labute approximate surface area is 84.5 Å². The van der Waals surface area contributed by atoms with Crippen molar-refractivity contribution in [1.82, 2.24) is 0 Å². The highest BCUT2D eigenvalue weighted by atomic mass is 28.3. The van der Waals surface area contributed by atoms with Gasteiger partial charge in [0.1, 0.15) is 0 Å². The van der Waals surface area contributed by atoms with E-state index in [4.69, 9.17) is 8.85 Å². The Morgan fingerprint density at radius 2 is 1.31 bits per heavy atom. The molecule has 0 spiro atoms. The van der Waals surface area contributed by atoms with Crippen LogP contribution in [0, 0.1) is 11.8 Å². The van der Waals surface area contributed by atoms with Crippen molar-refractivity contribution in [2.75, 3.05) is 13.2 Å². The third kappa shape index (κ3) is 8.47. The molecule has 0 unspecified atom stereocenters. The fourth-order valence-electron chi connectivity index (χ4n) is 0.765. The molecule has 0 rings (SSSR count). The fraction of sp³-hybridized carbons (Fsp3) is 1.00.